The highest BCUT2D eigenvalue weighted by Crippen LogP contribution is 2.24. The molecule has 0 aromatic carbocycles. The lowest BCUT2D eigenvalue weighted by atomic mass is 10.2. The molecule has 0 fully saturated rings. The predicted molar refractivity (Wildman–Crippen MR) is 81.1 cm³/mol. The molecule has 0 saturated heterocycles. The van der Waals surface area contributed by atoms with E-state index in [1.807, 2.05) is 17.5 Å². The van der Waals surface area contributed by atoms with Gasteiger partial charge in [0.15, 0.2) is 0 Å². The largest absolute Gasteiger partial charge is 0.443 e. The third-order valence-corrected chi connectivity index (χ3v) is 4.21. The van der Waals surface area contributed by atoms with E-state index in [2.05, 4.69) is 33.5 Å². The highest BCUT2D eigenvalue weighted by molar-refractivity contribution is 7.13. The van der Waals surface area contributed by atoms with Crippen LogP contribution >= 0.6 is 22.9 Å². The van der Waals surface area contributed by atoms with Crippen LogP contribution in [0.4, 0.5) is 5.13 Å². The summed E-state index contributed by atoms with van der Waals surface area (Å²) in [6.07, 6.45) is 1.67. The van der Waals surface area contributed by atoms with E-state index < -0.39 is 0 Å². The number of thiophene rings is 1. The molecular weight excluding hydrogens is 292 g/mol. The topological polar surface area (TPSA) is 63.8 Å². The monoisotopic (exact) mass is 306 g/mol. The van der Waals surface area contributed by atoms with Gasteiger partial charge < -0.3 is 9.73 Å². The third-order valence-electron chi connectivity index (χ3n) is 2.66. The molecule has 0 aliphatic carbocycles. The number of rotatable bonds is 5. The summed E-state index contributed by atoms with van der Waals surface area (Å²) >= 11 is 2.99. The van der Waals surface area contributed by atoms with Crippen LogP contribution in [0, 0.1) is 0 Å². The van der Waals surface area contributed by atoms with Crippen LogP contribution in [0.15, 0.2) is 28.2 Å². The van der Waals surface area contributed by atoms with E-state index in [9.17, 15) is 0 Å². The molecule has 1 N–H and O–H groups in total. The quantitative estimate of drug-likeness (QED) is 0.772. The SMILES string of the molecule is CC(C)c1nsc(NCc2coc(-c3cccs3)n2)n1. The summed E-state index contributed by atoms with van der Waals surface area (Å²) in [5.41, 5.74) is 0.856. The summed E-state index contributed by atoms with van der Waals surface area (Å²) < 4.78 is 9.77. The van der Waals surface area contributed by atoms with Gasteiger partial charge in [-0.3, -0.25) is 0 Å². The number of nitrogens with zero attached hydrogens (tertiary/aromatic N) is 3. The molecule has 0 radical (unpaired) electrons. The number of hydrogen-bond donors (Lipinski definition) is 1. The second-order valence-corrected chi connectivity index (χ2v) is 6.29. The van der Waals surface area contributed by atoms with Crippen molar-refractivity contribution in [1.29, 1.82) is 0 Å². The first-order valence-electron chi connectivity index (χ1n) is 6.28. The van der Waals surface area contributed by atoms with Crippen LogP contribution in [0.2, 0.25) is 0 Å². The fourth-order valence-electron chi connectivity index (χ4n) is 1.61. The Morgan fingerprint density at radius 3 is 2.95 bits per heavy atom. The Balaban J connectivity index is 1.63. The zero-order chi connectivity index (χ0) is 13.9. The predicted octanol–water partition coefficient (Wildman–Crippen LogP) is 3.99. The van der Waals surface area contributed by atoms with Gasteiger partial charge in [-0.05, 0) is 11.4 Å². The highest BCUT2D eigenvalue weighted by Gasteiger charge is 2.10. The summed E-state index contributed by atoms with van der Waals surface area (Å²) in [5.74, 6) is 1.88. The van der Waals surface area contributed by atoms with Gasteiger partial charge in [-0.2, -0.15) is 4.37 Å². The molecule has 0 saturated carbocycles. The number of hydrogen-bond acceptors (Lipinski definition) is 7. The molecule has 104 valence electrons. The Labute approximate surface area is 124 Å². The minimum atomic E-state index is 0.347. The van der Waals surface area contributed by atoms with E-state index in [4.69, 9.17) is 4.42 Å². The number of aromatic nitrogens is 3. The summed E-state index contributed by atoms with van der Waals surface area (Å²) in [6, 6.07) is 3.98. The van der Waals surface area contributed by atoms with Crippen LogP contribution in [0.1, 0.15) is 31.3 Å². The lowest BCUT2D eigenvalue weighted by molar-refractivity contribution is 0.574. The summed E-state index contributed by atoms with van der Waals surface area (Å²) in [6.45, 7) is 4.75. The summed E-state index contributed by atoms with van der Waals surface area (Å²) in [4.78, 5) is 9.91. The van der Waals surface area contributed by atoms with Crippen molar-refractivity contribution in [3.63, 3.8) is 0 Å². The first-order chi connectivity index (χ1) is 9.72. The van der Waals surface area contributed by atoms with Crippen LogP contribution in [0.3, 0.4) is 0 Å². The average molecular weight is 306 g/mol. The summed E-state index contributed by atoms with van der Waals surface area (Å²) in [5, 5.41) is 6.04. The van der Waals surface area contributed by atoms with E-state index >= 15 is 0 Å². The van der Waals surface area contributed by atoms with E-state index in [1.54, 1.807) is 17.6 Å². The van der Waals surface area contributed by atoms with Crippen molar-refractivity contribution in [1.82, 2.24) is 14.3 Å². The van der Waals surface area contributed by atoms with E-state index in [-0.39, 0.29) is 0 Å². The van der Waals surface area contributed by atoms with Gasteiger partial charge in [0.2, 0.25) is 11.0 Å². The normalized spacial score (nSPS) is 11.2. The Morgan fingerprint density at radius 1 is 1.35 bits per heavy atom. The standard InChI is InChI=1S/C13H14N4OS2/c1-8(2)11-16-13(20-17-11)14-6-9-7-18-12(15-9)10-4-3-5-19-10/h3-5,7-8H,6H2,1-2H3,(H,14,16,17). The van der Waals surface area contributed by atoms with Crippen molar-refractivity contribution in [3.8, 4) is 10.8 Å². The van der Waals surface area contributed by atoms with Crippen molar-refractivity contribution < 1.29 is 4.42 Å². The highest BCUT2D eigenvalue weighted by atomic mass is 32.1. The third kappa shape index (κ3) is 2.88. The minimum Gasteiger partial charge on any atom is -0.443 e. The Kier molecular flexibility index (Phi) is 3.79. The molecule has 3 aromatic rings. The van der Waals surface area contributed by atoms with Crippen LogP contribution in [-0.4, -0.2) is 14.3 Å². The van der Waals surface area contributed by atoms with Crippen molar-refractivity contribution in [2.24, 2.45) is 0 Å². The second-order valence-electron chi connectivity index (χ2n) is 4.59. The molecule has 0 aliphatic rings. The van der Waals surface area contributed by atoms with Gasteiger partial charge in [-0.15, -0.1) is 11.3 Å². The maximum atomic E-state index is 5.47. The first-order valence-corrected chi connectivity index (χ1v) is 7.93. The average Bonchev–Trinajstić information content (AvgIpc) is 3.17. The maximum absolute atomic E-state index is 5.47. The number of oxazole rings is 1. The molecule has 20 heavy (non-hydrogen) atoms. The van der Waals surface area contributed by atoms with Crippen LogP contribution < -0.4 is 5.32 Å². The van der Waals surface area contributed by atoms with Crippen LogP contribution in [0.5, 0.6) is 0 Å². The van der Waals surface area contributed by atoms with Crippen molar-refractivity contribution >= 4 is 28.0 Å². The molecule has 0 amide bonds. The van der Waals surface area contributed by atoms with Gasteiger partial charge in [-0.1, -0.05) is 19.9 Å². The van der Waals surface area contributed by atoms with Crippen molar-refractivity contribution in [3.05, 3.63) is 35.3 Å². The molecule has 5 nitrogen and oxygen atoms in total. The Hall–Kier alpha value is -1.73. The molecule has 3 aromatic heterocycles. The molecule has 0 bridgehead atoms. The zero-order valence-electron chi connectivity index (χ0n) is 11.2. The maximum Gasteiger partial charge on any atom is 0.236 e. The molecule has 3 rings (SSSR count). The summed E-state index contributed by atoms with van der Waals surface area (Å²) in [7, 11) is 0. The smallest absolute Gasteiger partial charge is 0.236 e. The minimum absolute atomic E-state index is 0.347. The van der Waals surface area contributed by atoms with Crippen LogP contribution in [-0.2, 0) is 6.54 Å². The molecular formula is C13H14N4OS2. The van der Waals surface area contributed by atoms with Crippen LogP contribution in [0.25, 0.3) is 10.8 Å². The number of anilines is 1. The van der Waals surface area contributed by atoms with E-state index in [1.165, 1.54) is 11.5 Å². The van der Waals surface area contributed by atoms with Gasteiger partial charge >= 0.3 is 0 Å². The molecule has 0 unspecified atom stereocenters. The van der Waals surface area contributed by atoms with E-state index in [0.717, 1.165) is 21.5 Å². The van der Waals surface area contributed by atoms with Gasteiger partial charge in [0.05, 0.1) is 17.1 Å². The lowest BCUT2D eigenvalue weighted by Crippen LogP contribution is -1.99. The fraction of sp³-hybridized carbons (Fsp3) is 0.308. The Morgan fingerprint density at radius 2 is 2.25 bits per heavy atom. The molecule has 0 aliphatic heterocycles. The van der Waals surface area contributed by atoms with Crippen molar-refractivity contribution in [2.75, 3.05) is 5.32 Å². The molecule has 0 atom stereocenters. The molecule has 7 heteroatoms. The molecule has 0 spiro atoms. The van der Waals surface area contributed by atoms with Gasteiger partial charge in [0.25, 0.3) is 0 Å². The van der Waals surface area contributed by atoms with Gasteiger partial charge in [0.1, 0.15) is 12.1 Å². The van der Waals surface area contributed by atoms with Gasteiger partial charge in [0, 0.05) is 17.5 Å². The van der Waals surface area contributed by atoms with E-state index in [0.29, 0.717) is 18.4 Å². The lowest BCUT2D eigenvalue weighted by Gasteiger charge is -1.97. The first kappa shape index (κ1) is 13.3. The van der Waals surface area contributed by atoms with Crippen molar-refractivity contribution in [2.45, 2.75) is 26.3 Å². The van der Waals surface area contributed by atoms with Gasteiger partial charge in [-0.25, -0.2) is 9.97 Å². The Bertz CT molecular complexity index is 672. The second kappa shape index (κ2) is 5.72. The molecule has 3 heterocycles. The number of nitrogens with one attached hydrogen (secondary N) is 1. The fourth-order valence-corrected chi connectivity index (χ4v) is 2.97. The zero-order valence-corrected chi connectivity index (χ0v) is 12.8.